The van der Waals surface area contributed by atoms with Gasteiger partial charge in [-0.3, -0.25) is 0 Å². The molecule has 0 N–H and O–H groups in total. The number of likely N-dealkylation sites (N-methyl/N-ethyl adjacent to an activating group) is 1. The molecule has 0 fully saturated rings. The maximum absolute atomic E-state index is 2.57. The summed E-state index contributed by atoms with van der Waals surface area (Å²) in [6.07, 6.45) is 1.20. The molecule has 2 nitrogen and oxygen atoms in total. The zero-order valence-electron chi connectivity index (χ0n) is 12.3. The van der Waals surface area contributed by atoms with Gasteiger partial charge in [-0.2, -0.15) is 0 Å². The van der Waals surface area contributed by atoms with Crippen molar-refractivity contribution in [2.24, 2.45) is 0 Å². The highest BCUT2D eigenvalue weighted by Crippen LogP contribution is 2.39. The summed E-state index contributed by atoms with van der Waals surface area (Å²) in [6.45, 7) is 3.38. The summed E-state index contributed by atoms with van der Waals surface area (Å²) in [5, 5.41) is 0.680. The number of nitrogens with zero attached hydrogens (tertiary/aromatic N) is 2. The maximum Gasteiger partial charge on any atom is 0.0605 e. The predicted molar refractivity (Wildman–Crippen MR) is 91.7 cm³/mol. The summed E-state index contributed by atoms with van der Waals surface area (Å²) in [7, 11) is 2.19. The molecule has 0 aromatic heterocycles. The van der Waals surface area contributed by atoms with Gasteiger partial charge in [-0.25, -0.2) is 0 Å². The van der Waals surface area contributed by atoms with E-state index in [-0.39, 0.29) is 0 Å². The number of para-hydroxylation sites is 2. The van der Waals surface area contributed by atoms with Crippen molar-refractivity contribution >= 4 is 23.1 Å². The lowest BCUT2D eigenvalue weighted by Crippen LogP contribution is -2.42. The monoisotopic (exact) mass is 296 g/mol. The Morgan fingerprint density at radius 3 is 2.62 bits per heavy atom. The van der Waals surface area contributed by atoms with Gasteiger partial charge in [0.15, 0.2) is 0 Å². The van der Waals surface area contributed by atoms with E-state index in [0.29, 0.717) is 5.25 Å². The molecule has 0 saturated heterocycles. The number of hydrogen-bond donors (Lipinski definition) is 0. The van der Waals surface area contributed by atoms with Gasteiger partial charge in [0.2, 0.25) is 0 Å². The third-order valence-electron chi connectivity index (χ3n) is 4.48. The lowest BCUT2D eigenvalue weighted by atomic mass is 10.1. The molecule has 21 heavy (non-hydrogen) atoms. The van der Waals surface area contributed by atoms with E-state index >= 15 is 0 Å². The van der Waals surface area contributed by atoms with Crippen molar-refractivity contribution in [3.8, 4) is 0 Å². The molecule has 0 radical (unpaired) electrons. The zero-order valence-corrected chi connectivity index (χ0v) is 13.1. The summed E-state index contributed by atoms with van der Waals surface area (Å²) < 4.78 is 0. The number of hydrogen-bond acceptors (Lipinski definition) is 3. The van der Waals surface area contributed by atoms with Crippen LogP contribution in [-0.2, 0) is 6.42 Å². The average molecular weight is 296 g/mol. The molecule has 0 saturated carbocycles. The fraction of sp³-hybridized carbons (Fsp3) is 0.333. The van der Waals surface area contributed by atoms with Crippen LogP contribution < -0.4 is 9.80 Å². The van der Waals surface area contributed by atoms with Crippen LogP contribution in [0.4, 0.5) is 11.4 Å². The number of thioether (sulfide) groups is 1. The number of anilines is 2. The van der Waals surface area contributed by atoms with Crippen molar-refractivity contribution in [2.75, 3.05) is 36.5 Å². The van der Waals surface area contributed by atoms with Crippen LogP contribution in [-0.4, -0.2) is 31.9 Å². The Balaban J connectivity index is 1.53. The summed E-state index contributed by atoms with van der Waals surface area (Å²) >= 11 is 2.05. The van der Waals surface area contributed by atoms with Gasteiger partial charge in [0, 0.05) is 36.8 Å². The van der Waals surface area contributed by atoms with Crippen LogP contribution in [0.25, 0.3) is 0 Å². The molecule has 2 aliphatic heterocycles. The molecule has 0 bridgehead atoms. The van der Waals surface area contributed by atoms with Crippen molar-refractivity contribution in [1.29, 1.82) is 0 Å². The standard InChI is InChI=1S/C18H20N2S/c1-19-10-11-20(17-8-4-3-7-16(17)19)13-15-12-14-6-2-5-9-18(14)21-15/h2-9,15H,10-13H2,1H3. The fourth-order valence-electron chi connectivity index (χ4n) is 3.36. The molecule has 0 spiro atoms. The van der Waals surface area contributed by atoms with Gasteiger partial charge in [-0.15, -0.1) is 11.8 Å². The third-order valence-corrected chi connectivity index (χ3v) is 5.78. The largest absolute Gasteiger partial charge is 0.371 e. The SMILES string of the molecule is CN1CCN(CC2Cc3ccccc3S2)c2ccccc21. The van der Waals surface area contributed by atoms with E-state index in [4.69, 9.17) is 0 Å². The van der Waals surface area contributed by atoms with E-state index in [1.807, 2.05) is 0 Å². The smallest absolute Gasteiger partial charge is 0.0605 e. The summed E-state index contributed by atoms with van der Waals surface area (Å²) in [5.41, 5.74) is 4.28. The Kier molecular flexibility index (Phi) is 3.30. The second kappa shape index (κ2) is 5.30. The Labute approximate surface area is 130 Å². The first-order chi connectivity index (χ1) is 10.3. The average Bonchev–Trinajstić information content (AvgIpc) is 2.93. The Morgan fingerprint density at radius 2 is 1.76 bits per heavy atom. The lowest BCUT2D eigenvalue weighted by Gasteiger charge is -2.38. The number of benzene rings is 2. The van der Waals surface area contributed by atoms with Crippen LogP contribution in [0, 0.1) is 0 Å². The Morgan fingerprint density at radius 1 is 1.00 bits per heavy atom. The molecule has 1 atom stereocenters. The Bertz CT molecular complexity index is 630. The molecule has 2 heterocycles. The quantitative estimate of drug-likeness (QED) is 0.835. The van der Waals surface area contributed by atoms with Crippen LogP contribution in [0.15, 0.2) is 53.4 Å². The normalized spacial score (nSPS) is 20.3. The highest BCUT2D eigenvalue weighted by molar-refractivity contribution is 8.00. The van der Waals surface area contributed by atoms with E-state index < -0.39 is 0 Å². The number of fused-ring (bicyclic) bond motifs is 2. The van der Waals surface area contributed by atoms with Gasteiger partial charge in [0.25, 0.3) is 0 Å². The predicted octanol–water partition coefficient (Wildman–Crippen LogP) is 3.66. The van der Waals surface area contributed by atoms with Crippen molar-refractivity contribution in [2.45, 2.75) is 16.6 Å². The minimum absolute atomic E-state index is 0.680. The first-order valence-electron chi connectivity index (χ1n) is 7.61. The molecule has 2 aromatic carbocycles. The van der Waals surface area contributed by atoms with Gasteiger partial charge in [0.05, 0.1) is 11.4 Å². The van der Waals surface area contributed by atoms with Gasteiger partial charge >= 0.3 is 0 Å². The van der Waals surface area contributed by atoms with E-state index in [1.54, 1.807) is 0 Å². The number of rotatable bonds is 2. The molecule has 2 aromatic rings. The van der Waals surface area contributed by atoms with Crippen LogP contribution in [0.2, 0.25) is 0 Å². The highest BCUT2D eigenvalue weighted by atomic mass is 32.2. The molecule has 0 amide bonds. The molecule has 0 aliphatic carbocycles. The van der Waals surface area contributed by atoms with Crippen LogP contribution in [0.1, 0.15) is 5.56 Å². The first-order valence-corrected chi connectivity index (χ1v) is 8.49. The van der Waals surface area contributed by atoms with Crippen molar-refractivity contribution in [3.63, 3.8) is 0 Å². The molecule has 2 aliphatic rings. The molecule has 4 rings (SSSR count). The molecular weight excluding hydrogens is 276 g/mol. The van der Waals surface area contributed by atoms with Crippen molar-refractivity contribution in [1.82, 2.24) is 0 Å². The van der Waals surface area contributed by atoms with E-state index in [2.05, 4.69) is 77.1 Å². The summed E-state index contributed by atoms with van der Waals surface area (Å²) in [6, 6.07) is 17.6. The Hall–Kier alpha value is -1.61. The van der Waals surface area contributed by atoms with Crippen LogP contribution in [0.5, 0.6) is 0 Å². The van der Waals surface area contributed by atoms with E-state index in [0.717, 1.165) is 19.6 Å². The first kappa shape index (κ1) is 13.1. The lowest BCUT2D eigenvalue weighted by molar-refractivity contribution is 0.709. The van der Waals surface area contributed by atoms with E-state index in [9.17, 15) is 0 Å². The van der Waals surface area contributed by atoms with Crippen molar-refractivity contribution < 1.29 is 0 Å². The molecule has 108 valence electrons. The fourth-order valence-corrected chi connectivity index (χ4v) is 4.69. The van der Waals surface area contributed by atoms with Gasteiger partial charge < -0.3 is 9.80 Å². The summed E-state index contributed by atoms with van der Waals surface area (Å²) in [4.78, 5) is 6.41. The zero-order chi connectivity index (χ0) is 14.2. The maximum atomic E-state index is 2.57. The highest BCUT2D eigenvalue weighted by Gasteiger charge is 2.27. The van der Waals surface area contributed by atoms with Crippen molar-refractivity contribution in [3.05, 3.63) is 54.1 Å². The van der Waals surface area contributed by atoms with Gasteiger partial charge in [-0.05, 0) is 30.2 Å². The van der Waals surface area contributed by atoms with Crippen LogP contribution in [0.3, 0.4) is 0 Å². The molecule has 1 unspecified atom stereocenters. The molecule has 3 heteroatoms. The van der Waals surface area contributed by atoms with Gasteiger partial charge in [-0.1, -0.05) is 30.3 Å². The minimum atomic E-state index is 0.680. The van der Waals surface area contributed by atoms with E-state index in [1.165, 1.54) is 28.3 Å². The molecular formula is C18H20N2S. The second-order valence-corrected chi connectivity index (χ2v) is 7.25. The second-order valence-electron chi connectivity index (χ2n) is 5.91. The topological polar surface area (TPSA) is 6.48 Å². The van der Waals surface area contributed by atoms with Crippen LogP contribution >= 0.6 is 11.8 Å². The third kappa shape index (κ3) is 2.40. The summed E-state index contributed by atoms with van der Waals surface area (Å²) in [5.74, 6) is 0. The van der Waals surface area contributed by atoms with Gasteiger partial charge in [0.1, 0.15) is 0 Å². The minimum Gasteiger partial charge on any atom is -0.371 e.